The molecule has 39 heavy (non-hydrogen) atoms. The van der Waals surface area contributed by atoms with Gasteiger partial charge in [-0.1, -0.05) is 36.4 Å². The molecule has 0 fully saturated rings. The standard InChI is InChI=1S/C30H40N6O3/c1-22(39-2)21-36(17-7-6-12-25-14-13-24-11-8-16-32-29(24)33-25)18-15-26(30(37)38)34-28-20-31-19-27(35-28)23-9-4-3-5-10-23/h3-5,9-10,13-14,19-20,22,26H,6-8,11-12,15-18,21H2,1-2H3,(H,32,33)(H,34,35)(H,37,38)/t22-,26?/m1/s1. The Kier molecular flexibility index (Phi) is 10.6. The molecule has 0 saturated carbocycles. The van der Waals surface area contributed by atoms with E-state index in [9.17, 15) is 9.90 Å². The quantitative estimate of drug-likeness (QED) is 0.243. The Hall–Kier alpha value is -3.56. The predicted octanol–water partition coefficient (Wildman–Crippen LogP) is 4.51. The first-order chi connectivity index (χ1) is 19.0. The summed E-state index contributed by atoms with van der Waals surface area (Å²) in [6.07, 6.45) is 8.94. The molecule has 3 N–H and O–H groups in total. The number of carboxylic acids is 1. The number of aromatic nitrogens is 3. The van der Waals surface area contributed by atoms with E-state index in [2.05, 4.69) is 37.6 Å². The van der Waals surface area contributed by atoms with E-state index in [0.717, 1.165) is 68.8 Å². The van der Waals surface area contributed by atoms with E-state index in [1.54, 1.807) is 19.5 Å². The summed E-state index contributed by atoms with van der Waals surface area (Å²) in [5, 5.41) is 16.4. The molecule has 9 heteroatoms. The molecular formula is C30H40N6O3. The van der Waals surface area contributed by atoms with E-state index < -0.39 is 12.0 Å². The number of pyridine rings is 1. The molecule has 208 valence electrons. The lowest BCUT2D eigenvalue weighted by Gasteiger charge is -2.26. The fraction of sp³-hybridized carbons (Fsp3) is 0.467. The van der Waals surface area contributed by atoms with E-state index >= 15 is 0 Å². The summed E-state index contributed by atoms with van der Waals surface area (Å²) in [5.41, 5.74) is 4.06. The van der Waals surface area contributed by atoms with Gasteiger partial charge in [0.05, 0.1) is 24.2 Å². The van der Waals surface area contributed by atoms with Gasteiger partial charge in [-0.2, -0.15) is 0 Å². The molecule has 0 radical (unpaired) electrons. The summed E-state index contributed by atoms with van der Waals surface area (Å²) in [5.74, 6) is 0.585. The first-order valence-corrected chi connectivity index (χ1v) is 13.9. The van der Waals surface area contributed by atoms with Gasteiger partial charge in [-0.3, -0.25) is 4.98 Å². The smallest absolute Gasteiger partial charge is 0.326 e. The maximum Gasteiger partial charge on any atom is 0.326 e. The molecule has 1 aromatic carbocycles. The van der Waals surface area contributed by atoms with Gasteiger partial charge >= 0.3 is 5.97 Å². The van der Waals surface area contributed by atoms with E-state index in [4.69, 9.17) is 9.72 Å². The molecule has 0 saturated heterocycles. The van der Waals surface area contributed by atoms with Crippen molar-refractivity contribution < 1.29 is 14.6 Å². The highest BCUT2D eigenvalue weighted by molar-refractivity contribution is 5.77. The minimum absolute atomic E-state index is 0.0584. The predicted molar refractivity (Wildman–Crippen MR) is 154 cm³/mol. The lowest BCUT2D eigenvalue weighted by atomic mass is 10.1. The van der Waals surface area contributed by atoms with Crippen LogP contribution in [0.1, 0.15) is 43.9 Å². The first kappa shape index (κ1) is 28.4. The summed E-state index contributed by atoms with van der Waals surface area (Å²) in [7, 11) is 1.71. The molecule has 3 aromatic rings. The summed E-state index contributed by atoms with van der Waals surface area (Å²) in [6, 6.07) is 13.3. The van der Waals surface area contributed by atoms with Gasteiger partial charge in [-0.15, -0.1) is 0 Å². The summed E-state index contributed by atoms with van der Waals surface area (Å²) >= 11 is 0. The number of aliphatic carboxylic acids is 1. The SMILES string of the molecule is CO[C@H](C)CN(CCCCc1ccc2c(n1)NCCC2)CCC(Nc1cncc(-c2ccccc2)n1)C(=O)O. The molecule has 1 aliphatic rings. The molecule has 9 nitrogen and oxygen atoms in total. The number of rotatable bonds is 15. The number of nitrogens with zero attached hydrogens (tertiary/aromatic N) is 4. The largest absolute Gasteiger partial charge is 0.480 e. The van der Waals surface area contributed by atoms with Crippen LogP contribution in [0.25, 0.3) is 11.3 Å². The van der Waals surface area contributed by atoms with Crippen molar-refractivity contribution in [2.24, 2.45) is 0 Å². The average molecular weight is 533 g/mol. The van der Waals surface area contributed by atoms with Crippen molar-refractivity contribution in [3.05, 3.63) is 66.1 Å². The number of carbonyl (C=O) groups is 1. The fourth-order valence-corrected chi connectivity index (χ4v) is 4.81. The Morgan fingerprint density at radius 2 is 1.97 bits per heavy atom. The monoisotopic (exact) mass is 532 g/mol. The number of ether oxygens (including phenoxy) is 1. The normalized spacial score (nSPS) is 14.3. The van der Waals surface area contributed by atoms with E-state index in [0.29, 0.717) is 24.5 Å². The number of unbranched alkanes of at least 4 members (excludes halogenated alkanes) is 1. The van der Waals surface area contributed by atoms with E-state index in [1.165, 1.54) is 5.56 Å². The molecule has 0 amide bonds. The number of aryl methyl sites for hydroxylation is 2. The summed E-state index contributed by atoms with van der Waals surface area (Å²) in [4.78, 5) is 28.1. The van der Waals surface area contributed by atoms with Crippen LogP contribution in [0.3, 0.4) is 0 Å². The van der Waals surface area contributed by atoms with Crippen molar-refractivity contribution in [2.75, 3.05) is 43.9 Å². The lowest BCUT2D eigenvalue weighted by molar-refractivity contribution is -0.138. The topological polar surface area (TPSA) is 113 Å². The number of fused-ring (bicyclic) bond motifs is 1. The first-order valence-electron chi connectivity index (χ1n) is 13.9. The second-order valence-corrected chi connectivity index (χ2v) is 10.1. The van der Waals surface area contributed by atoms with Crippen LogP contribution in [-0.2, 0) is 22.4 Å². The van der Waals surface area contributed by atoms with Crippen molar-refractivity contribution in [3.8, 4) is 11.3 Å². The van der Waals surface area contributed by atoms with Gasteiger partial charge in [-0.05, 0) is 63.6 Å². The van der Waals surface area contributed by atoms with Gasteiger partial charge in [0.2, 0.25) is 0 Å². The van der Waals surface area contributed by atoms with Crippen LogP contribution in [0, 0.1) is 0 Å². The third kappa shape index (κ3) is 8.73. The highest BCUT2D eigenvalue weighted by Gasteiger charge is 2.20. The van der Waals surface area contributed by atoms with Crippen LogP contribution in [0.4, 0.5) is 11.6 Å². The Bertz CT molecular complexity index is 1190. The number of carboxylic acid groups (broad SMARTS) is 1. The number of nitrogens with one attached hydrogen (secondary N) is 2. The summed E-state index contributed by atoms with van der Waals surface area (Å²) < 4.78 is 5.51. The molecule has 1 aliphatic heterocycles. The molecule has 1 unspecified atom stereocenters. The summed E-state index contributed by atoms with van der Waals surface area (Å²) in [6.45, 7) is 5.27. The molecule has 0 aliphatic carbocycles. The van der Waals surface area contributed by atoms with Crippen molar-refractivity contribution in [2.45, 2.75) is 57.6 Å². The molecular weight excluding hydrogens is 492 g/mol. The Labute approximate surface area is 231 Å². The molecule has 2 aromatic heterocycles. The fourth-order valence-electron chi connectivity index (χ4n) is 4.81. The van der Waals surface area contributed by atoms with Gasteiger partial charge in [0.25, 0.3) is 0 Å². The number of anilines is 2. The highest BCUT2D eigenvalue weighted by Crippen LogP contribution is 2.21. The Morgan fingerprint density at radius 3 is 2.77 bits per heavy atom. The van der Waals surface area contributed by atoms with Gasteiger partial charge < -0.3 is 25.4 Å². The van der Waals surface area contributed by atoms with E-state index in [1.807, 2.05) is 37.3 Å². The Morgan fingerprint density at radius 1 is 1.13 bits per heavy atom. The van der Waals surface area contributed by atoms with Crippen LogP contribution in [0.5, 0.6) is 0 Å². The third-order valence-corrected chi connectivity index (χ3v) is 7.09. The van der Waals surface area contributed by atoms with Crippen LogP contribution in [-0.4, -0.2) is 76.4 Å². The van der Waals surface area contributed by atoms with Crippen LogP contribution >= 0.6 is 0 Å². The number of hydrogen-bond acceptors (Lipinski definition) is 8. The molecule has 0 spiro atoms. The lowest BCUT2D eigenvalue weighted by Crippen LogP contribution is -2.38. The molecule has 0 bridgehead atoms. The maximum absolute atomic E-state index is 12.1. The number of methoxy groups -OCH3 is 1. The number of benzene rings is 1. The third-order valence-electron chi connectivity index (χ3n) is 7.09. The zero-order valence-corrected chi connectivity index (χ0v) is 23.0. The highest BCUT2D eigenvalue weighted by atomic mass is 16.5. The van der Waals surface area contributed by atoms with Gasteiger partial charge in [0.15, 0.2) is 0 Å². The Balaban J connectivity index is 1.30. The molecule has 2 atom stereocenters. The van der Waals surface area contributed by atoms with Crippen LogP contribution < -0.4 is 10.6 Å². The second kappa shape index (κ2) is 14.6. The maximum atomic E-state index is 12.1. The van der Waals surface area contributed by atoms with Crippen molar-refractivity contribution >= 4 is 17.6 Å². The van der Waals surface area contributed by atoms with E-state index in [-0.39, 0.29) is 6.10 Å². The minimum Gasteiger partial charge on any atom is -0.480 e. The minimum atomic E-state index is -0.909. The van der Waals surface area contributed by atoms with Gasteiger partial charge in [0.1, 0.15) is 17.7 Å². The second-order valence-electron chi connectivity index (χ2n) is 10.1. The van der Waals surface area contributed by atoms with Crippen molar-refractivity contribution in [1.29, 1.82) is 0 Å². The molecule has 3 heterocycles. The van der Waals surface area contributed by atoms with Gasteiger partial charge in [-0.25, -0.2) is 14.8 Å². The number of hydrogen-bond donors (Lipinski definition) is 3. The molecule has 4 rings (SSSR count). The van der Waals surface area contributed by atoms with Crippen LogP contribution in [0.2, 0.25) is 0 Å². The average Bonchev–Trinajstić information content (AvgIpc) is 2.97. The van der Waals surface area contributed by atoms with Crippen LogP contribution in [0.15, 0.2) is 54.9 Å². The van der Waals surface area contributed by atoms with Gasteiger partial charge in [0, 0.05) is 38.0 Å². The zero-order chi connectivity index (χ0) is 27.5. The van der Waals surface area contributed by atoms with Crippen molar-refractivity contribution in [1.82, 2.24) is 19.9 Å². The van der Waals surface area contributed by atoms with Crippen molar-refractivity contribution in [3.63, 3.8) is 0 Å². The zero-order valence-electron chi connectivity index (χ0n) is 23.0.